The molecule has 94 valence electrons. The van der Waals surface area contributed by atoms with E-state index in [1.54, 1.807) is 6.07 Å². The minimum atomic E-state index is -0.144. The fraction of sp³-hybridized carbons (Fsp3) is 0.571. The first-order valence-electron chi connectivity index (χ1n) is 6.20. The van der Waals surface area contributed by atoms with E-state index in [1.165, 1.54) is 31.7 Å². The Morgan fingerprint density at radius 1 is 1.24 bits per heavy atom. The molecule has 1 aliphatic rings. The lowest BCUT2D eigenvalue weighted by Gasteiger charge is -2.21. The van der Waals surface area contributed by atoms with Crippen LogP contribution in [0.5, 0.6) is 0 Å². The van der Waals surface area contributed by atoms with Gasteiger partial charge in [-0.1, -0.05) is 57.5 Å². The molecule has 0 bridgehead atoms. The average Bonchev–Trinajstić information content (AvgIpc) is 2.77. The Kier molecular flexibility index (Phi) is 5.04. The zero-order valence-corrected chi connectivity index (χ0v) is 12.9. The molecule has 0 nitrogen and oxygen atoms in total. The van der Waals surface area contributed by atoms with E-state index in [1.807, 2.05) is 6.07 Å². The van der Waals surface area contributed by atoms with Gasteiger partial charge in [0.1, 0.15) is 5.82 Å². The van der Waals surface area contributed by atoms with Crippen LogP contribution in [0.15, 0.2) is 22.7 Å². The second-order valence-corrected chi connectivity index (χ2v) is 6.50. The summed E-state index contributed by atoms with van der Waals surface area (Å²) in [5.41, 5.74) is 1.10. The van der Waals surface area contributed by atoms with E-state index in [0.717, 1.165) is 27.7 Å². The van der Waals surface area contributed by atoms with Crippen molar-refractivity contribution in [3.63, 3.8) is 0 Å². The Balaban J connectivity index is 2.06. The minimum Gasteiger partial charge on any atom is -0.207 e. The first-order chi connectivity index (χ1) is 8.19. The molecule has 0 amide bonds. The molecule has 1 aromatic carbocycles. The SMILES string of the molecule is Fc1cc(Br)cc(CC(CBr)C2CCCC2)c1. The molecule has 0 aromatic heterocycles. The molecule has 0 radical (unpaired) electrons. The quantitative estimate of drug-likeness (QED) is 0.634. The van der Waals surface area contributed by atoms with E-state index in [0.29, 0.717) is 5.92 Å². The third kappa shape index (κ3) is 3.78. The molecule has 1 fully saturated rings. The smallest absolute Gasteiger partial charge is 0.124 e. The van der Waals surface area contributed by atoms with Crippen molar-refractivity contribution in [1.82, 2.24) is 0 Å². The van der Waals surface area contributed by atoms with Crippen LogP contribution in [0, 0.1) is 17.7 Å². The van der Waals surface area contributed by atoms with Crippen LogP contribution < -0.4 is 0 Å². The summed E-state index contributed by atoms with van der Waals surface area (Å²) in [6.07, 6.45) is 6.38. The molecule has 2 rings (SSSR count). The van der Waals surface area contributed by atoms with Crippen molar-refractivity contribution in [3.05, 3.63) is 34.1 Å². The monoisotopic (exact) mass is 362 g/mol. The molecule has 0 aliphatic heterocycles. The normalized spacial score (nSPS) is 18.5. The van der Waals surface area contributed by atoms with Gasteiger partial charge in [0.2, 0.25) is 0 Å². The summed E-state index contributed by atoms with van der Waals surface area (Å²) in [7, 11) is 0. The lowest BCUT2D eigenvalue weighted by molar-refractivity contribution is 0.372. The molecular formula is C14H17Br2F. The van der Waals surface area contributed by atoms with Crippen LogP contribution in [-0.2, 0) is 6.42 Å². The molecule has 1 aliphatic carbocycles. The van der Waals surface area contributed by atoms with E-state index in [9.17, 15) is 4.39 Å². The van der Waals surface area contributed by atoms with E-state index in [4.69, 9.17) is 0 Å². The molecule has 1 unspecified atom stereocenters. The summed E-state index contributed by atoms with van der Waals surface area (Å²) < 4.78 is 14.2. The van der Waals surface area contributed by atoms with E-state index in [2.05, 4.69) is 31.9 Å². The van der Waals surface area contributed by atoms with E-state index >= 15 is 0 Å². The van der Waals surface area contributed by atoms with Crippen molar-refractivity contribution < 1.29 is 4.39 Å². The Bertz CT molecular complexity index is 352. The molecule has 3 heteroatoms. The molecule has 1 atom stereocenters. The van der Waals surface area contributed by atoms with Gasteiger partial charge in [-0.25, -0.2) is 4.39 Å². The summed E-state index contributed by atoms with van der Waals surface area (Å²) >= 11 is 6.97. The molecule has 0 spiro atoms. The van der Waals surface area contributed by atoms with Crippen molar-refractivity contribution in [2.24, 2.45) is 11.8 Å². The van der Waals surface area contributed by atoms with Gasteiger partial charge >= 0.3 is 0 Å². The van der Waals surface area contributed by atoms with Crippen LogP contribution in [0.25, 0.3) is 0 Å². The van der Waals surface area contributed by atoms with Gasteiger partial charge in [-0.05, 0) is 42.0 Å². The highest BCUT2D eigenvalue weighted by atomic mass is 79.9. The van der Waals surface area contributed by atoms with Gasteiger partial charge in [0.05, 0.1) is 0 Å². The Hall–Kier alpha value is 0.110. The van der Waals surface area contributed by atoms with Crippen LogP contribution in [0.4, 0.5) is 4.39 Å². The lowest BCUT2D eigenvalue weighted by atomic mass is 9.87. The molecule has 17 heavy (non-hydrogen) atoms. The summed E-state index contributed by atoms with van der Waals surface area (Å²) in [5.74, 6) is 1.32. The van der Waals surface area contributed by atoms with Crippen LogP contribution in [0.1, 0.15) is 31.2 Å². The van der Waals surface area contributed by atoms with Gasteiger partial charge < -0.3 is 0 Å². The third-order valence-electron chi connectivity index (χ3n) is 3.68. The highest BCUT2D eigenvalue weighted by molar-refractivity contribution is 9.10. The summed E-state index contributed by atoms with van der Waals surface area (Å²) in [6, 6.07) is 5.21. The maximum atomic E-state index is 13.3. The van der Waals surface area contributed by atoms with Gasteiger partial charge in [-0.15, -0.1) is 0 Å². The summed E-state index contributed by atoms with van der Waals surface area (Å²) in [5, 5.41) is 1.02. The van der Waals surface area contributed by atoms with Crippen molar-refractivity contribution >= 4 is 31.9 Å². The molecule has 0 N–H and O–H groups in total. The van der Waals surface area contributed by atoms with Crippen molar-refractivity contribution in [2.75, 3.05) is 5.33 Å². The van der Waals surface area contributed by atoms with Gasteiger partial charge in [0, 0.05) is 9.80 Å². The Labute approximate surface area is 119 Å². The number of alkyl halides is 1. The highest BCUT2D eigenvalue weighted by Gasteiger charge is 2.24. The van der Waals surface area contributed by atoms with Crippen LogP contribution >= 0.6 is 31.9 Å². The van der Waals surface area contributed by atoms with Crippen LogP contribution in [0.3, 0.4) is 0 Å². The van der Waals surface area contributed by atoms with Gasteiger partial charge in [-0.2, -0.15) is 0 Å². The van der Waals surface area contributed by atoms with Crippen molar-refractivity contribution in [3.8, 4) is 0 Å². The highest BCUT2D eigenvalue weighted by Crippen LogP contribution is 2.34. The predicted molar refractivity (Wildman–Crippen MR) is 77.0 cm³/mol. The van der Waals surface area contributed by atoms with Gasteiger partial charge in [0.15, 0.2) is 0 Å². The Morgan fingerprint density at radius 2 is 1.94 bits per heavy atom. The zero-order chi connectivity index (χ0) is 12.3. The minimum absolute atomic E-state index is 0.144. The Morgan fingerprint density at radius 3 is 2.53 bits per heavy atom. The topological polar surface area (TPSA) is 0 Å². The summed E-state index contributed by atoms with van der Waals surface area (Å²) in [4.78, 5) is 0. The molecule has 1 aromatic rings. The largest absolute Gasteiger partial charge is 0.207 e. The number of halogens is 3. The second kappa shape index (κ2) is 6.33. The molecule has 1 saturated carbocycles. The fourth-order valence-corrected chi connectivity index (χ4v) is 4.08. The van der Waals surface area contributed by atoms with Crippen molar-refractivity contribution in [1.29, 1.82) is 0 Å². The van der Waals surface area contributed by atoms with E-state index < -0.39 is 0 Å². The number of hydrogen-bond donors (Lipinski definition) is 0. The second-order valence-electron chi connectivity index (χ2n) is 4.94. The molecule has 0 heterocycles. The van der Waals surface area contributed by atoms with Crippen LogP contribution in [0.2, 0.25) is 0 Å². The maximum Gasteiger partial charge on any atom is 0.124 e. The standard InChI is InChI=1S/C14H17Br2F/c15-9-12(11-3-1-2-4-11)5-10-6-13(16)8-14(17)7-10/h6-8,11-12H,1-5,9H2. The zero-order valence-electron chi connectivity index (χ0n) is 9.76. The van der Waals surface area contributed by atoms with Crippen molar-refractivity contribution in [2.45, 2.75) is 32.1 Å². The maximum absolute atomic E-state index is 13.3. The first kappa shape index (κ1) is 13.5. The number of rotatable bonds is 4. The lowest BCUT2D eigenvalue weighted by Crippen LogP contribution is -2.16. The summed E-state index contributed by atoms with van der Waals surface area (Å²) in [6.45, 7) is 0. The van der Waals surface area contributed by atoms with Crippen LogP contribution in [-0.4, -0.2) is 5.33 Å². The van der Waals surface area contributed by atoms with E-state index in [-0.39, 0.29) is 5.82 Å². The first-order valence-corrected chi connectivity index (χ1v) is 8.11. The molecular weight excluding hydrogens is 347 g/mol. The predicted octanol–water partition coefficient (Wildman–Crippen LogP) is 5.33. The number of hydrogen-bond acceptors (Lipinski definition) is 0. The van der Waals surface area contributed by atoms with Gasteiger partial charge in [-0.3, -0.25) is 0 Å². The number of benzene rings is 1. The third-order valence-corrected chi connectivity index (χ3v) is 4.97. The average molecular weight is 364 g/mol. The molecule has 0 saturated heterocycles. The fourth-order valence-electron chi connectivity index (χ4n) is 2.81. The van der Waals surface area contributed by atoms with Gasteiger partial charge in [0.25, 0.3) is 0 Å².